The fraction of sp³-hybridized carbons (Fsp3) is 0. The zero-order chi connectivity index (χ0) is 15.4. The van der Waals surface area contributed by atoms with Crippen molar-refractivity contribution in [1.82, 2.24) is 20.2 Å². The number of pyridine rings is 1. The van der Waals surface area contributed by atoms with Crippen LogP contribution in [0.3, 0.4) is 0 Å². The van der Waals surface area contributed by atoms with E-state index in [2.05, 4.69) is 30.5 Å². The number of carbonyl (C=O) groups excluding carboxylic acids is 1. The van der Waals surface area contributed by atoms with E-state index in [0.717, 1.165) is 5.69 Å². The molecule has 3 heterocycles. The number of aromatic amines is 2. The molecule has 22 heavy (non-hydrogen) atoms. The number of nitrogens with one attached hydrogen (secondary N) is 3. The number of nitrogens with two attached hydrogens (primary N) is 1. The number of amides is 1. The number of aliphatic imine (C=N–C) groups is 1. The van der Waals surface area contributed by atoms with Crippen molar-refractivity contribution in [2.24, 2.45) is 10.7 Å². The highest BCUT2D eigenvalue weighted by Crippen LogP contribution is 2.25. The van der Waals surface area contributed by atoms with Gasteiger partial charge in [0, 0.05) is 12.4 Å². The van der Waals surface area contributed by atoms with Crippen LogP contribution < -0.4 is 11.1 Å². The Bertz CT molecular complexity index is 790. The van der Waals surface area contributed by atoms with Crippen molar-refractivity contribution in [3.05, 3.63) is 54.1 Å². The molecule has 8 heteroatoms. The van der Waals surface area contributed by atoms with Crippen LogP contribution in [0.5, 0.6) is 0 Å². The minimum absolute atomic E-state index is 0.187. The van der Waals surface area contributed by atoms with Gasteiger partial charge in [0.15, 0.2) is 11.6 Å². The molecule has 0 aliphatic rings. The van der Waals surface area contributed by atoms with Crippen molar-refractivity contribution in [3.8, 4) is 0 Å². The first-order valence-corrected chi connectivity index (χ1v) is 6.46. The molecular formula is C14H13N7O. The fourth-order valence-corrected chi connectivity index (χ4v) is 1.88. The summed E-state index contributed by atoms with van der Waals surface area (Å²) in [4.78, 5) is 22.8. The SMILES string of the molecule is NC(=O)c1c(Nc2cccnc2)n[nH]c1/N=C/c1ccc[nH]1. The summed E-state index contributed by atoms with van der Waals surface area (Å²) in [6.45, 7) is 0. The van der Waals surface area contributed by atoms with Gasteiger partial charge in [0.2, 0.25) is 0 Å². The van der Waals surface area contributed by atoms with Gasteiger partial charge >= 0.3 is 0 Å². The van der Waals surface area contributed by atoms with E-state index in [1.165, 1.54) is 0 Å². The molecule has 0 spiro atoms. The second kappa shape index (κ2) is 5.92. The van der Waals surface area contributed by atoms with Gasteiger partial charge in [0.25, 0.3) is 5.91 Å². The van der Waals surface area contributed by atoms with Crippen LogP contribution in [0.4, 0.5) is 17.3 Å². The Labute approximate surface area is 125 Å². The molecular weight excluding hydrogens is 282 g/mol. The van der Waals surface area contributed by atoms with Gasteiger partial charge in [-0.25, -0.2) is 4.99 Å². The smallest absolute Gasteiger partial charge is 0.256 e. The third-order valence-corrected chi connectivity index (χ3v) is 2.87. The summed E-state index contributed by atoms with van der Waals surface area (Å²) in [6, 6.07) is 7.26. The van der Waals surface area contributed by atoms with Crippen molar-refractivity contribution < 1.29 is 4.79 Å². The molecule has 0 saturated heterocycles. The van der Waals surface area contributed by atoms with Crippen LogP contribution in [-0.2, 0) is 0 Å². The summed E-state index contributed by atoms with van der Waals surface area (Å²) in [5.74, 6) is -0.0357. The third kappa shape index (κ3) is 2.85. The van der Waals surface area contributed by atoms with E-state index in [4.69, 9.17) is 5.73 Å². The van der Waals surface area contributed by atoms with Gasteiger partial charge in [-0.05, 0) is 24.3 Å². The van der Waals surface area contributed by atoms with Crippen LogP contribution in [0.1, 0.15) is 16.1 Å². The average Bonchev–Trinajstić information content (AvgIpc) is 3.15. The van der Waals surface area contributed by atoms with Crippen LogP contribution in [0.25, 0.3) is 0 Å². The molecule has 3 rings (SSSR count). The largest absolute Gasteiger partial charge is 0.365 e. The van der Waals surface area contributed by atoms with Crippen LogP contribution in [-0.4, -0.2) is 32.3 Å². The Kier molecular flexibility index (Phi) is 3.65. The molecule has 0 aliphatic carbocycles. The molecule has 110 valence electrons. The van der Waals surface area contributed by atoms with E-state index in [0.29, 0.717) is 11.5 Å². The van der Waals surface area contributed by atoms with E-state index in [1.54, 1.807) is 36.9 Å². The van der Waals surface area contributed by atoms with E-state index < -0.39 is 5.91 Å². The summed E-state index contributed by atoms with van der Waals surface area (Å²) < 4.78 is 0. The summed E-state index contributed by atoms with van der Waals surface area (Å²) in [7, 11) is 0. The number of rotatable bonds is 5. The number of H-pyrrole nitrogens is 2. The van der Waals surface area contributed by atoms with Crippen molar-refractivity contribution in [3.63, 3.8) is 0 Å². The van der Waals surface area contributed by atoms with E-state index in [-0.39, 0.29) is 11.4 Å². The maximum absolute atomic E-state index is 11.7. The quantitative estimate of drug-likeness (QED) is 0.535. The summed E-state index contributed by atoms with van der Waals surface area (Å²) in [5.41, 5.74) is 7.10. The highest BCUT2D eigenvalue weighted by molar-refractivity contribution is 6.03. The predicted octanol–water partition coefficient (Wildman–Crippen LogP) is 1.73. The molecule has 0 fully saturated rings. The van der Waals surface area contributed by atoms with Crippen LogP contribution >= 0.6 is 0 Å². The highest BCUT2D eigenvalue weighted by Gasteiger charge is 2.18. The number of hydrogen-bond donors (Lipinski definition) is 4. The van der Waals surface area contributed by atoms with Gasteiger partial charge in [-0.15, -0.1) is 0 Å². The number of hydrogen-bond acceptors (Lipinski definition) is 5. The fourth-order valence-electron chi connectivity index (χ4n) is 1.88. The first kappa shape index (κ1) is 13.6. The molecule has 5 N–H and O–H groups in total. The second-order valence-electron chi connectivity index (χ2n) is 4.41. The van der Waals surface area contributed by atoms with Crippen molar-refractivity contribution >= 4 is 29.4 Å². The Balaban J connectivity index is 1.90. The molecule has 0 unspecified atom stereocenters. The normalized spacial score (nSPS) is 10.9. The van der Waals surface area contributed by atoms with Crippen LogP contribution in [0, 0.1) is 0 Å². The summed E-state index contributed by atoms with van der Waals surface area (Å²) in [6.07, 6.45) is 6.62. The highest BCUT2D eigenvalue weighted by atomic mass is 16.1. The number of carbonyl (C=O) groups is 1. The zero-order valence-electron chi connectivity index (χ0n) is 11.4. The van der Waals surface area contributed by atoms with Gasteiger partial charge in [-0.2, -0.15) is 5.10 Å². The van der Waals surface area contributed by atoms with E-state index >= 15 is 0 Å². The number of primary amides is 1. The minimum atomic E-state index is -0.626. The molecule has 3 aromatic heterocycles. The average molecular weight is 295 g/mol. The lowest BCUT2D eigenvalue weighted by Crippen LogP contribution is -2.12. The molecule has 1 amide bonds. The maximum Gasteiger partial charge on any atom is 0.256 e. The first-order chi connectivity index (χ1) is 10.7. The lowest BCUT2D eigenvalue weighted by atomic mass is 10.2. The molecule has 8 nitrogen and oxygen atoms in total. The minimum Gasteiger partial charge on any atom is -0.365 e. The van der Waals surface area contributed by atoms with Gasteiger partial charge in [-0.1, -0.05) is 0 Å². The summed E-state index contributed by atoms with van der Waals surface area (Å²) in [5, 5.41) is 9.72. The molecule has 0 radical (unpaired) electrons. The predicted molar refractivity (Wildman–Crippen MR) is 82.7 cm³/mol. The van der Waals surface area contributed by atoms with Crippen molar-refractivity contribution in [2.75, 3.05) is 5.32 Å². The Morgan fingerprint density at radius 1 is 1.36 bits per heavy atom. The Morgan fingerprint density at radius 2 is 2.27 bits per heavy atom. The number of anilines is 2. The van der Waals surface area contributed by atoms with E-state index in [1.807, 2.05) is 12.1 Å². The van der Waals surface area contributed by atoms with Crippen LogP contribution in [0.2, 0.25) is 0 Å². The van der Waals surface area contributed by atoms with Crippen molar-refractivity contribution in [1.29, 1.82) is 0 Å². The molecule has 0 atom stereocenters. The zero-order valence-corrected chi connectivity index (χ0v) is 11.4. The van der Waals surface area contributed by atoms with Gasteiger partial charge in [0.05, 0.1) is 23.8 Å². The van der Waals surface area contributed by atoms with Gasteiger partial charge in [0.1, 0.15) is 5.56 Å². The van der Waals surface area contributed by atoms with Gasteiger partial charge < -0.3 is 16.0 Å². The number of nitrogens with zero attached hydrogens (tertiary/aromatic N) is 3. The van der Waals surface area contributed by atoms with Gasteiger partial charge in [-0.3, -0.25) is 14.9 Å². The summed E-state index contributed by atoms with van der Waals surface area (Å²) >= 11 is 0. The number of aromatic nitrogens is 4. The Morgan fingerprint density at radius 3 is 2.95 bits per heavy atom. The lowest BCUT2D eigenvalue weighted by molar-refractivity contribution is 0.100. The monoisotopic (exact) mass is 295 g/mol. The molecule has 0 saturated carbocycles. The van der Waals surface area contributed by atoms with Crippen molar-refractivity contribution in [2.45, 2.75) is 0 Å². The topological polar surface area (TPSA) is 125 Å². The first-order valence-electron chi connectivity index (χ1n) is 6.46. The molecule has 0 aliphatic heterocycles. The standard InChI is InChI=1S/C14H13N7O/c15-12(22)11-13(18-8-9-3-2-6-17-9)20-21-14(11)19-10-4-1-5-16-7-10/h1-8,17H,(H2,15,22)(H2,19,20,21)/b18-8+. The molecule has 0 aromatic carbocycles. The molecule has 3 aromatic rings. The third-order valence-electron chi connectivity index (χ3n) is 2.87. The van der Waals surface area contributed by atoms with Crippen LogP contribution in [0.15, 0.2) is 47.8 Å². The Hall–Kier alpha value is -3.42. The maximum atomic E-state index is 11.7. The second-order valence-corrected chi connectivity index (χ2v) is 4.41. The van der Waals surface area contributed by atoms with E-state index in [9.17, 15) is 4.79 Å². The molecule has 0 bridgehead atoms. The lowest BCUT2D eigenvalue weighted by Gasteiger charge is -2.03.